The maximum atomic E-state index is 7.44. The molecule has 0 atom stereocenters. The molecule has 0 spiro atoms. The van der Waals surface area contributed by atoms with E-state index in [4.69, 9.17) is 20.3 Å². The van der Waals surface area contributed by atoms with Crippen molar-refractivity contribution < 1.29 is 29.0 Å². The van der Waals surface area contributed by atoms with Gasteiger partial charge in [0.1, 0.15) is 0 Å². The number of aromatic nitrogens is 2. The molecule has 0 bridgehead atoms. The number of nitrogens with zero attached hydrogens (tertiary/aromatic N) is 5. The van der Waals surface area contributed by atoms with Gasteiger partial charge in [-0.1, -0.05) is 26.0 Å². The molecule has 8 heteroatoms. The zero-order valence-electron chi connectivity index (χ0n) is 20.0. The van der Waals surface area contributed by atoms with Gasteiger partial charge in [-0.3, -0.25) is 9.97 Å². The van der Waals surface area contributed by atoms with Crippen LogP contribution in [0.4, 0.5) is 0 Å². The Balaban J connectivity index is 0. The van der Waals surface area contributed by atoms with E-state index in [1.165, 1.54) is 0 Å². The predicted molar refractivity (Wildman–Crippen MR) is 133 cm³/mol. The maximum Gasteiger partial charge on any atom is 4.00 e. The predicted octanol–water partition coefficient (Wildman–Crippen LogP) is 5.00. The molecule has 0 aliphatic heterocycles. The van der Waals surface area contributed by atoms with E-state index in [-0.39, 0.29) is 19.5 Å². The second-order valence-electron chi connectivity index (χ2n) is 6.28. The molecule has 0 saturated carbocycles. The van der Waals surface area contributed by atoms with E-state index in [1.54, 1.807) is 46.5 Å². The molecular formula is C25H32N5O2Ru+. The van der Waals surface area contributed by atoms with Crippen LogP contribution in [0.3, 0.4) is 0 Å². The van der Waals surface area contributed by atoms with Gasteiger partial charge in [-0.15, -0.1) is 17.7 Å². The van der Waals surface area contributed by atoms with Crippen LogP contribution >= 0.6 is 0 Å². The smallest absolute Gasteiger partial charge is 0.814 e. The van der Waals surface area contributed by atoms with Gasteiger partial charge in [0.2, 0.25) is 0 Å². The first-order valence-corrected chi connectivity index (χ1v) is 9.91. The Bertz CT molecular complexity index is 835. The van der Waals surface area contributed by atoms with Crippen molar-refractivity contribution in [3.8, 4) is 22.9 Å². The zero-order valence-corrected chi connectivity index (χ0v) is 21.8. The number of rotatable bonds is 5. The summed E-state index contributed by atoms with van der Waals surface area (Å²) in [6, 6.07) is 18.5. The summed E-state index contributed by atoms with van der Waals surface area (Å²) in [6.45, 7) is 3.96. The molecule has 0 aliphatic carbocycles. The minimum Gasteiger partial charge on any atom is -0.814 e. The Morgan fingerprint density at radius 1 is 0.879 bits per heavy atom. The van der Waals surface area contributed by atoms with Gasteiger partial charge in [0.15, 0.2) is 0 Å². The molecule has 0 radical (unpaired) electrons. The van der Waals surface area contributed by atoms with E-state index in [2.05, 4.69) is 20.9 Å². The van der Waals surface area contributed by atoms with Gasteiger partial charge < -0.3 is 25.2 Å². The third-order valence-electron chi connectivity index (χ3n) is 3.46. The van der Waals surface area contributed by atoms with Gasteiger partial charge in [-0.05, 0) is 38.4 Å². The SMILES string of the molecule is CC=[N-].CC=[N-].COc1c[c-]c(CN(C)C)cc1OC.[Ru+4].c1ccc(-c2ccccn2)nc1. The fourth-order valence-corrected chi connectivity index (χ4v) is 2.28. The van der Waals surface area contributed by atoms with Crippen molar-refractivity contribution >= 4 is 12.4 Å². The number of methoxy groups -OCH3 is 2. The van der Waals surface area contributed by atoms with Crippen molar-refractivity contribution in [1.82, 2.24) is 14.9 Å². The van der Waals surface area contributed by atoms with Crippen LogP contribution in [0.25, 0.3) is 22.2 Å². The van der Waals surface area contributed by atoms with Crippen LogP contribution in [0.2, 0.25) is 0 Å². The van der Waals surface area contributed by atoms with Crippen LogP contribution in [0.5, 0.6) is 11.5 Å². The Morgan fingerprint density at radius 2 is 1.33 bits per heavy atom. The Labute approximate surface area is 211 Å². The van der Waals surface area contributed by atoms with Crippen LogP contribution < -0.4 is 9.47 Å². The third-order valence-corrected chi connectivity index (χ3v) is 3.46. The second-order valence-corrected chi connectivity index (χ2v) is 6.28. The molecule has 1 aromatic carbocycles. The number of benzene rings is 1. The van der Waals surface area contributed by atoms with Crippen molar-refractivity contribution in [2.24, 2.45) is 0 Å². The number of pyridine rings is 2. The Kier molecular flexibility index (Phi) is 20.4. The quantitative estimate of drug-likeness (QED) is 0.261. The summed E-state index contributed by atoms with van der Waals surface area (Å²) in [4.78, 5) is 10.5. The molecule has 0 unspecified atom stereocenters. The second kappa shape index (κ2) is 20.9. The van der Waals surface area contributed by atoms with E-state index in [0.717, 1.165) is 47.4 Å². The molecule has 0 aliphatic rings. The van der Waals surface area contributed by atoms with E-state index < -0.39 is 0 Å². The van der Waals surface area contributed by atoms with Crippen LogP contribution in [-0.2, 0) is 26.0 Å². The first-order valence-electron chi connectivity index (χ1n) is 9.91. The molecule has 0 saturated heterocycles. The summed E-state index contributed by atoms with van der Waals surface area (Å²) < 4.78 is 10.3. The molecule has 0 amide bonds. The van der Waals surface area contributed by atoms with Crippen molar-refractivity contribution in [1.29, 1.82) is 0 Å². The molecular weight excluding hydrogens is 503 g/mol. The molecule has 33 heavy (non-hydrogen) atoms. The van der Waals surface area contributed by atoms with Crippen molar-refractivity contribution in [2.45, 2.75) is 20.4 Å². The molecule has 2 heterocycles. The van der Waals surface area contributed by atoms with Crippen molar-refractivity contribution in [3.05, 3.63) is 83.4 Å². The minimum absolute atomic E-state index is 0. The zero-order chi connectivity index (χ0) is 24.2. The maximum absolute atomic E-state index is 7.44. The number of hydrogen-bond donors (Lipinski definition) is 0. The first-order chi connectivity index (χ1) is 15.5. The van der Waals surface area contributed by atoms with E-state index in [9.17, 15) is 0 Å². The molecule has 0 fully saturated rings. The number of hydrogen-bond acceptors (Lipinski definition) is 5. The average Bonchev–Trinajstić information content (AvgIpc) is 2.81. The number of ether oxygens (including phenoxy) is 2. The van der Waals surface area contributed by atoms with E-state index >= 15 is 0 Å². The van der Waals surface area contributed by atoms with Gasteiger partial charge in [0.05, 0.1) is 31.4 Å². The summed E-state index contributed by atoms with van der Waals surface area (Å²) >= 11 is 0. The average molecular weight is 536 g/mol. The minimum atomic E-state index is 0. The van der Waals surface area contributed by atoms with E-state index in [1.807, 2.05) is 56.6 Å². The van der Waals surface area contributed by atoms with Crippen LogP contribution in [0.15, 0.2) is 60.9 Å². The first kappa shape index (κ1) is 32.2. The van der Waals surface area contributed by atoms with Gasteiger partial charge in [0, 0.05) is 24.7 Å². The third kappa shape index (κ3) is 14.7. The van der Waals surface area contributed by atoms with Crippen LogP contribution in [0.1, 0.15) is 19.4 Å². The Morgan fingerprint density at radius 3 is 1.67 bits per heavy atom. The van der Waals surface area contributed by atoms with Crippen LogP contribution in [0, 0.1) is 6.07 Å². The molecule has 176 valence electrons. The standard InChI is InChI=1S/C11H16NO2.C10H8N2.2C2H4N.Ru/c1-12(2)8-9-5-6-10(13-3)11(7-9)14-4;1-3-7-11-9(5-1)10-6-2-4-8-12-10;2*1-2-3;/h6-7H,8H2,1-4H3;1-8H;2*2H,1H3;/q-1;;2*-1;+4. The largest absolute Gasteiger partial charge is 4.00 e. The molecule has 2 aromatic heterocycles. The Hall–Kier alpha value is -2.96. The fourth-order valence-electron chi connectivity index (χ4n) is 2.28. The van der Waals surface area contributed by atoms with Crippen molar-refractivity contribution in [2.75, 3.05) is 28.3 Å². The normalized spacial score (nSPS) is 8.70. The summed E-state index contributed by atoms with van der Waals surface area (Å²) in [5.74, 6) is 1.47. The summed E-state index contributed by atoms with van der Waals surface area (Å²) in [5, 5.41) is 14.9. The monoisotopic (exact) mass is 536 g/mol. The molecule has 3 aromatic rings. The van der Waals surface area contributed by atoms with E-state index in [0.29, 0.717) is 0 Å². The molecule has 3 rings (SSSR count). The van der Waals surface area contributed by atoms with Crippen molar-refractivity contribution in [3.63, 3.8) is 0 Å². The summed E-state index contributed by atoms with van der Waals surface area (Å²) in [7, 11) is 7.30. The summed E-state index contributed by atoms with van der Waals surface area (Å²) in [6.07, 6.45) is 5.54. The molecule has 0 N–H and O–H groups in total. The van der Waals surface area contributed by atoms with Gasteiger partial charge in [0.25, 0.3) is 0 Å². The van der Waals surface area contributed by atoms with Gasteiger partial charge >= 0.3 is 19.5 Å². The molecule has 7 nitrogen and oxygen atoms in total. The van der Waals surface area contributed by atoms with Crippen LogP contribution in [-0.4, -0.2) is 55.6 Å². The topological polar surface area (TPSA) is 92.1 Å². The van der Waals surface area contributed by atoms with Gasteiger partial charge in [-0.25, -0.2) is 12.4 Å². The summed E-state index contributed by atoms with van der Waals surface area (Å²) in [5.41, 5.74) is 2.92. The fraction of sp³-hybridized carbons (Fsp3) is 0.280. The van der Waals surface area contributed by atoms with Gasteiger partial charge in [-0.2, -0.15) is 6.07 Å².